The van der Waals surface area contributed by atoms with Crippen LogP contribution in [0.2, 0.25) is 0 Å². The van der Waals surface area contributed by atoms with E-state index in [1.54, 1.807) is 24.5 Å². The van der Waals surface area contributed by atoms with Crippen LogP contribution < -0.4 is 10.1 Å². The summed E-state index contributed by atoms with van der Waals surface area (Å²) in [5.41, 5.74) is 1.73. The topological polar surface area (TPSA) is 81.9 Å². The van der Waals surface area contributed by atoms with Crippen LogP contribution in [0.15, 0.2) is 24.5 Å². The Balaban J connectivity index is 1.84. The number of fused-ring (bicyclic) bond motifs is 1. The van der Waals surface area contributed by atoms with Crippen LogP contribution in [0, 0.1) is 0 Å². The molecule has 9 heteroatoms. The maximum atomic E-state index is 14.0. The summed E-state index contributed by atoms with van der Waals surface area (Å²) in [4.78, 5) is 23.6. The second-order valence-electron chi connectivity index (χ2n) is 7.40. The third-order valence-corrected chi connectivity index (χ3v) is 4.89. The molecule has 3 aromatic heterocycles. The Kier molecular flexibility index (Phi) is 4.68. The van der Waals surface area contributed by atoms with Gasteiger partial charge in [0.05, 0.1) is 17.4 Å². The molecular weight excluding hydrogens is 380 g/mol. The van der Waals surface area contributed by atoms with Crippen LogP contribution in [-0.4, -0.2) is 31.5 Å². The summed E-state index contributed by atoms with van der Waals surface area (Å²) in [7, 11) is 1.83. The number of aryl methyl sites for hydroxylation is 1. The molecule has 1 fully saturated rings. The number of carbonyl (C=O) groups excluding carboxylic acids is 1. The fourth-order valence-corrected chi connectivity index (χ4v) is 3.21. The van der Waals surface area contributed by atoms with Gasteiger partial charge in [-0.2, -0.15) is 13.8 Å². The van der Waals surface area contributed by atoms with Crippen LogP contribution >= 0.6 is 0 Å². The van der Waals surface area contributed by atoms with Gasteiger partial charge < -0.3 is 14.6 Å². The number of hydrogen-bond acceptors (Lipinski definition) is 5. The Morgan fingerprint density at radius 3 is 2.69 bits per heavy atom. The molecule has 0 spiro atoms. The van der Waals surface area contributed by atoms with Gasteiger partial charge in [0.2, 0.25) is 17.6 Å². The Labute approximate surface area is 166 Å². The molecule has 1 amide bonds. The number of alkyl halides is 2. The van der Waals surface area contributed by atoms with Crippen molar-refractivity contribution < 1.29 is 18.3 Å². The number of aromatic nitrogens is 4. The lowest BCUT2D eigenvalue weighted by Crippen LogP contribution is -2.25. The van der Waals surface area contributed by atoms with Crippen molar-refractivity contribution in [2.24, 2.45) is 7.05 Å². The Morgan fingerprint density at radius 1 is 1.31 bits per heavy atom. The van der Waals surface area contributed by atoms with Gasteiger partial charge in [0.25, 0.3) is 0 Å². The molecule has 0 radical (unpaired) electrons. The van der Waals surface area contributed by atoms with E-state index in [1.807, 2.05) is 11.6 Å². The van der Waals surface area contributed by atoms with Crippen LogP contribution in [-0.2, 0) is 17.8 Å². The summed E-state index contributed by atoms with van der Waals surface area (Å²) in [6, 6.07) is 3.28. The van der Waals surface area contributed by atoms with Gasteiger partial charge in [0.1, 0.15) is 11.9 Å². The van der Waals surface area contributed by atoms with Crippen molar-refractivity contribution in [3.05, 3.63) is 30.4 Å². The SMILES string of the molecule is CC(=O)Nc1cc2c(-c3cc(OC4CCC4)nc(C(C)(F)F)n3)cn(C)c2cn1. The van der Waals surface area contributed by atoms with Crippen molar-refractivity contribution in [1.29, 1.82) is 0 Å². The van der Waals surface area contributed by atoms with E-state index in [0.29, 0.717) is 17.1 Å². The smallest absolute Gasteiger partial charge is 0.303 e. The molecule has 1 aliphatic rings. The molecule has 3 aromatic rings. The van der Waals surface area contributed by atoms with Gasteiger partial charge in [-0.1, -0.05) is 0 Å². The van der Waals surface area contributed by atoms with Crippen LogP contribution in [0.1, 0.15) is 38.9 Å². The van der Waals surface area contributed by atoms with Crippen molar-refractivity contribution in [2.45, 2.75) is 45.1 Å². The van der Waals surface area contributed by atoms with E-state index in [4.69, 9.17) is 4.74 Å². The highest BCUT2D eigenvalue weighted by Gasteiger charge is 2.31. The summed E-state index contributed by atoms with van der Waals surface area (Å²) in [6.45, 7) is 2.16. The number of rotatable bonds is 5. The van der Waals surface area contributed by atoms with Gasteiger partial charge in [-0.15, -0.1) is 0 Å². The van der Waals surface area contributed by atoms with E-state index in [9.17, 15) is 13.6 Å². The first kappa shape index (κ1) is 19.2. The summed E-state index contributed by atoms with van der Waals surface area (Å²) in [6.07, 6.45) is 6.23. The molecule has 0 atom stereocenters. The summed E-state index contributed by atoms with van der Waals surface area (Å²) in [5, 5.41) is 3.36. The summed E-state index contributed by atoms with van der Waals surface area (Å²) in [5.74, 6) is -3.53. The maximum absolute atomic E-state index is 14.0. The molecule has 1 saturated carbocycles. The lowest BCUT2D eigenvalue weighted by molar-refractivity contribution is -0.114. The first-order chi connectivity index (χ1) is 13.7. The fourth-order valence-electron chi connectivity index (χ4n) is 3.21. The first-order valence-electron chi connectivity index (χ1n) is 9.38. The van der Waals surface area contributed by atoms with E-state index in [-0.39, 0.29) is 17.9 Å². The lowest BCUT2D eigenvalue weighted by atomic mass is 9.96. The largest absolute Gasteiger partial charge is 0.474 e. The van der Waals surface area contributed by atoms with E-state index in [2.05, 4.69) is 20.3 Å². The van der Waals surface area contributed by atoms with Gasteiger partial charge in [-0.05, 0) is 25.3 Å². The Bertz CT molecular complexity index is 1090. The van der Waals surface area contributed by atoms with Crippen LogP contribution in [0.3, 0.4) is 0 Å². The molecule has 0 bridgehead atoms. The zero-order valence-corrected chi connectivity index (χ0v) is 16.4. The molecule has 152 valence electrons. The van der Waals surface area contributed by atoms with Crippen molar-refractivity contribution in [3.63, 3.8) is 0 Å². The van der Waals surface area contributed by atoms with E-state index in [0.717, 1.165) is 37.1 Å². The van der Waals surface area contributed by atoms with Gasteiger partial charge in [0, 0.05) is 44.1 Å². The minimum Gasteiger partial charge on any atom is -0.474 e. The molecule has 29 heavy (non-hydrogen) atoms. The maximum Gasteiger partial charge on any atom is 0.303 e. The molecule has 1 N–H and O–H groups in total. The zero-order valence-electron chi connectivity index (χ0n) is 16.4. The predicted octanol–water partition coefficient (Wildman–Crippen LogP) is 4.03. The number of hydrogen-bond donors (Lipinski definition) is 1. The second kappa shape index (κ2) is 7.06. The number of nitrogens with one attached hydrogen (secondary N) is 1. The molecular formula is C20H21F2N5O2. The highest BCUT2D eigenvalue weighted by atomic mass is 19.3. The molecule has 0 saturated heterocycles. The molecule has 4 rings (SSSR count). The summed E-state index contributed by atoms with van der Waals surface area (Å²) < 4.78 is 35.7. The number of pyridine rings is 1. The highest BCUT2D eigenvalue weighted by molar-refractivity contribution is 5.98. The number of halogens is 2. The number of ether oxygens (including phenoxy) is 1. The van der Waals surface area contributed by atoms with Gasteiger partial charge >= 0.3 is 5.92 Å². The molecule has 0 unspecified atom stereocenters. The van der Waals surface area contributed by atoms with Crippen molar-refractivity contribution >= 4 is 22.6 Å². The third-order valence-electron chi connectivity index (χ3n) is 4.89. The normalized spacial score (nSPS) is 14.7. The molecule has 0 aliphatic heterocycles. The minimum atomic E-state index is -3.21. The van der Waals surface area contributed by atoms with Gasteiger partial charge in [0.15, 0.2) is 0 Å². The first-order valence-corrected chi connectivity index (χ1v) is 9.38. The monoisotopic (exact) mass is 401 g/mol. The number of carbonyl (C=O) groups is 1. The van der Waals surface area contributed by atoms with Gasteiger partial charge in [-0.3, -0.25) is 4.79 Å². The average Bonchev–Trinajstić information content (AvgIpc) is 2.93. The second-order valence-corrected chi connectivity index (χ2v) is 7.40. The Morgan fingerprint density at radius 2 is 2.07 bits per heavy atom. The van der Waals surface area contributed by atoms with E-state index >= 15 is 0 Å². The molecule has 0 aromatic carbocycles. The quantitative estimate of drug-likeness (QED) is 0.698. The van der Waals surface area contributed by atoms with Crippen LogP contribution in [0.4, 0.5) is 14.6 Å². The predicted molar refractivity (Wildman–Crippen MR) is 104 cm³/mol. The van der Waals surface area contributed by atoms with Crippen molar-refractivity contribution in [3.8, 4) is 17.1 Å². The number of anilines is 1. The van der Waals surface area contributed by atoms with Crippen molar-refractivity contribution in [2.75, 3.05) is 5.32 Å². The number of amides is 1. The lowest BCUT2D eigenvalue weighted by Gasteiger charge is -2.26. The average molecular weight is 401 g/mol. The van der Waals surface area contributed by atoms with Crippen LogP contribution in [0.5, 0.6) is 5.88 Å². The fraction of sp³-hybridized carbons (Fsp3) is 0.400. The van der Waals surface area contributed by atoms with Gasteiger partial charge in [-0.25, -0.2) is 9.97 Å². The van der Waals surface area contributed by atoms with Crippen molar-refractivity contribution in [1.82, 2.24) is 19.5 Å². The zero-order chi connectivity index (χ0) is 20.8. The van der Waals surface area contributed by atoms with E-state index in [1.165, 1.54) is 6.92 Å². The Hall–Kier alpha value is -3.10. The molecule has 7 nitrogen and oxygen atoms in total. The molecule has 1 aliphatic carbocycles. The van der Waals surface area contributed by atoms with E-state index < -0.39 is 11.7 Å². The number of nitrogens with zero attached hydrogens (tertiary/aromatic N) is 4. The third kappa shape index (κ3) is 3.90. The standard InChI is InChI=1S/C20H21F2N5O2/c1-11(28)24-17-7-13-14(10-27(3)16(13)9-23-17)15-8-18(29-12-5-4-6-12)26-19(25-15)20(2,21)22/h7-10,12H,4-6H2,1-3H3,(H,23,24,28). The van der Waals surface area contributed by atoms with Crippen LogP contribution in [0.25, 0.3) is 22.2 Å². The molecule has 3 heterocycles. The minimum absolute atomic E-state index is 0.000773. The highest BCUT2D eigenvalue weighted by Crippen LogP contribution is 2.35. The summed E-state index contributed by atoms with van der Waals surface area (Å²) >= 11 is 0.